The normalized spacial score (nSPS) is 17.5. The van der Waals surface area contributed by atoms with Crippen LogP contribution in [0.5, 0.6) is 0 Å². The van der Waals surface area contributed by atoms with Gasteiger partial charge in [-0.15, -0.1) is 0 Å². The summed E-state index contributed by atoms with van der Waals surface area (Å²) >= 11 is 0. The number of rotatable bonds is 5. The van der Waals surface area contributed by atoms with Crippen molar-refractivity contribution in [1.29, 1.82) is 0 Å². The Hall–Kier alpha value is -1.02. The maximum atomic E-state index is 2.54. The zero-order chi connectivity index (χ0) is 14.6. The van der Waals surface area contributed by atoms with Crippen molar-refractivity contribution in [2.24, 2.45) is 5.41 Å². The molecule has 2 rings (SSSR count). The van der Waals surface area contributed by atoms with Gasteiger partial charge in [-0.05, 0) is 36.1 Å². The van der Waals surface area contributed by atoms with Crippen LogP contribution in [0.3, 0.4) is 0 Å². The molecule has 1 aromatic rings. The molecule has 1 aliphatic heterocycles. The fraction of sp³-hybridized carbons (Fsp3) is 0.667. The minimum Gasteiger partial charge on any atom is -0.369 e. The molecule has 1 heterocycles. The molecule has 0 aliphatic carbocycles. The van der Waals surface area contributed by atoms with E-state index in [1.165, 1.54) is 43.7 Å². The number of anilines is 1. The second kappa shape index (κ2) is 6.62. The molecular weight excluding hydrogens is 244 g/mol. The van der Waals surface area contributed by atoms with E-state index in [4.69, 9.17) is 0 Å². The fourth-order valence-electron chi connectivity index (χ4n) is 2.86. The van der Waals surface area contributed by atoms with Crippen molar-refractivity contribution >= 4 is 5.69 Å². The molecule has 0 bridgehead atoms. The summed E-state index contributed by atoms with van der Waals surface area (Å²) in [6.07, 6.45) is 2.40. The second-order valence-corrected chi connectivity index (χ2v) is 6.79. The van der Waals surface area contributed by atoms with E-state index in [2.05, 4.69) is 61.8 Å². The predicted molar refractivity (Wildman–Crippen MR) is 88.5 cm³/mol. The van der Waals surface area contributed by atoms with Gasteiger partial charge in [0.15, 0.2) is 0 Å². The third kappa shape index (κ3) is 3.99. The Morgan fingerprint density at radius 1 is 1.05 bits per heavy atom. The Morgan fingerprint density at radius 2 is 1.75 bits per heavy atom. The Balaban J connectivity index is 2.03. The molecule has 2 heteroatoms. The average molecular weight is 274 g/mol. The lowest BCUT2D eigenvalue weighted by Gasteiger charge is -2.35. The lowest BCUT2D eigenvalue weighted by Crippen LogP contribution is -2.46. The summed E-state index contributed by atoms with van der Waals surface area (Å²) in [5.41, 5.74) is 3.29. The van der Waals surface area contributed by atoms with E-state index in [0.717, 1.165) is 13.1 Å². The van der Waals surface area contributed by atoms with Crippen LogP contribution in [0.4, 0.5) is 5.69 Å². The summed E-state index contributed by atoms with van der Waals surface area (Å²) in [6.45, 7) is 15.2. The fourth-order valence-corrected chi connectivity index (χ4v) is 2.86. The van der Waals surface area contributed by atoms with Crippen molar-refractivity contribution in [1.82, 2.24) is 4.90 Å². The summed E-state index contributed by atoms with van der Waals surface area (Å²) < 4.78 is 0. The molecule has 112 valence electrons. The maximum absolute atomic E-state index is 2.54. The summed E-state index contributed by atoms with van der Waals surface area (Å²) in [5, 5.41) is 0. The third-order valence-electron chi connectivity index (χ3n) is 4.74. The zero-order valence-electron chi connectivity index (χ0n) is 13.7. The van der Waals surface area contributed by atoms with Gasteiger partial charge in [0.05, 0.1) is 0 Å². The maximum Gasteiger partial charge on any atom is 0.0369 e. The van der Waals surface area contributed by atoms with Gasteiger partial charge in [0, 0.05) is 31.9 Å². The monoisotopic (exact) mass is 274 g/mol. The molecule has 0 N–H and O–H groups in total. The third-order valence-corrected chi connectivity index (χ3v) is 4.74. The van der Waals surface area contributed by atoms with E-state index in [9.17, 15) is 0 Å². The van der Waals surface area contributed by atoms with E-state index in [-0.39, 0.29) is 0 Å². The smallest absolute Gasteiger partial charge is 0.0369 e. The van der Waals surface area contributed by atoms with Crippen LogP contribution in [-0.4, -0.2) is 37.6 Å². The lowest BCUT2D eigenvalue weighted by atomic mass is 9.83. The number of likely N-dealkylation sites (N-methyl/N-ethyl adjacent to an activating group) is 1. The minimum atomic E-state index is 0.402. The van der Waals surface area contributed by atoms with Crippen LogP contribution in [0.15, 0.2) is 24.3 Å². The SMILES string of the molecule is CCN1CCN(c2cccc(CC(C)(C)CC)c2)CC1. The summed E-state index contributed by atoms with van der Waals surface area (Å²) in [6, 6.07) is 9.18. The van der Waals surface area contributed by atoms with E-state index in [1.54, 1.807) is 0 Å². The van der Waals surface area contributed by atoms with E-state index in [1.807, 2.05) is 0 Å². The highest BCUT2D eigenvalue weighted by Gasteiger charge is 2.18. The molecule has 1 saturated heterocycles. The molecule has 0 amide bonds. The second-order valence-electron chi connectivity index (χ2n) is 6.79. The first-order chi connectivity index (χ1) is 9.54. The zero-order valence-corrected chi connectivity index (χ0v) is 13.7. The highest BCUT2D eigenvalue weighted by molar-refractivity contribution is 5.49. The van der Waals surface area contributed by atoms with Gasteiger partial charge in [0.25, 0.3) is 0 Å². The van der Waals surface area contributed by atoms with Crippen LogP contribution >= 0.6 is 0 Å². The highest BCUT2D eigenvalue weighted by atomic mass is 15.3. The summed E-state index contributed by atoms with van der Waals surface area (Å²) in [4.78, 5) is 5.06. The van der Waals surface area contributed by atoms with Crippen molar-refractivity contribution in [3.05, 3.63) is 29.8 Å². The van der Waals surface area contributed by atoms with Crippen molar-refractivity contribution in [3.8, 4) is 0 Å². The van der Waals surface area contributed by atoms with Crippen LogP contribution in [-0.2, 0) is 6.42 Å². The first kappa shape index (κ1) is 15.4. The number of hydrogen-bond donors (Lipinski definition) is 0. The predicted octanol–water partition coefficient (Wildman–Crippen LogP) is 3.81. The van der Waals surface area contributed by atoms with E-state index >= 15 is 0 Å². The van der Waals surface area contributed by atoms with Gasteiger partial charge in [-0.2, -0.15) is 0 Å². The average Bonchev–Trinajstić information content (AvgIpc) is 2.47. The molecule has 1 aromatic carbocycles. The molecule has 0 unspecified atom stereocenters. The topological polar surface area (TPSA) is 6.48 Å². The quantitative estimate of drug-likeness (QED) is 0.805. The number of hydrogen-bond acceptors (Lipinski definition) is 2. The molecule has 0 atom stereocenters. The molecule has 20 heavy (non-hydrogen) atoms. The van der Waals surface area contributed by atoms with Gasteiger partial charge in [-0.3, -0.25) is 0 Å². The van der Waals surface area contributed by atoms with Crippen LogP contribution in [0.1, 0.15) is 39.7 Å². The van der Waals surface area contributed by atoms with Gasteiger partial charge in [0.1, 0.15) is 0 Å². The van der Waals surface area contributed by atoms with E-state index in [0.29, 0.717) is 5.41 Å². The van der Waals surface area contributed by atoms with Gasteiger partial charge < -0.3 is 9.80 Å². The molecule has 2 nitrogen and oxygen atoms in total. The largest absolute Gasteiger partial charge is 0.369 e. The van der Waals surface area contributed by atoms with Gasteiger partial charge in [-0.1, -0.05) is 46.2 Å². The standard InChI is InChI=1S/C18H30N2/c1-5-18(3,4)15-16-8-7-9-17(14-16)20-12-10-19(6-2)11-13-20/h7-9,14H,5-6,10-13,15H2,1-4H3. The lowest BCUT2D eigenvalue weighted by molar-refractivity contribution is 0.271. The number of nitrogens with zero attached hydrogens (tertiary/aromatic N) is 2. The van der Waals surface area contributed by atoms with Gasteiger partial charge >= 0.3 is 0 Å². The van der Waals surface area contributed by atoms with Crippen molar-refractivity contribution < 1.29 is 0 Å². The minimum absolute atomic E-state index is 0.402. The van der Waals surface area contributed by atoms with Crippen molar-refractivity contribution in [2.75, 3.05) is 37.6 Å². The molecule has 1 aliphatic rings. The van der Waals surface area contributed by atoms with Crippen LogP contribution in [0, 0.1) is 5.41 Å². The molecule has 0 radical (unpaired) electrons. The van der Waals surface area contributed by atoms with Gasteiger partial charge in [-0.25, -0.2) is 0 Å². The van der Waals surface area contributed by atoms with Crippen LogP contribution in [0.25, 0.3) is 0 Å². The Morgan fingerprint density at radius 3 is 2.35 bits per heavy atom. The van der Waals surface area contributed by atoms with Crippen molar-refractivity contribution in [2.45, 2.75) is 40.5 Å². The highest BCUT2D eigenvalue weighted by Crippen LogP contribution is 2.27. The molecule has 0 spiro atoms. The Labute approximate surface area is 124 Å². The van der Waals surface area contributed by atoms with E-state index < -0.39 is 0 Å². The first-order valence-corrected chi connectivity index (χ1v) is 8.10. The number of benzene rings is 1. The Bertz CT molecular complexity index is 417. The summed E-state index contributed by atoms with van der Waals surface area (Å²) in [5.74, 6) is 0. The Kier molecular flexibility index (Phi) is 5.09. The van der Waals surface area contributed by atoms with Gasteiger partial charge in [0.2, 0.25) is 0 Å². The molecule has 0 aromatic heterocycles. The van der Waals surface area contributed by atoms with Crippen molar-refractivity contribution in [3.63, 3.8) is 0 Å². The molecule has 0 saturated carbocycles. The summed E-state index contributed by atoms with van der Waals surface area (Å²) in [7, 11) is 0. The molecular formula is C18H30N2. The van der Waals surface area contributed by atoms with Crippen LogP contribution in [0.2, 0.25) is 0 Å². The molecule has 1 fully saturated rings. The first-order valence-electron chi connectivity index (χ1n) is 8.10. The van der Waals surface area contributed by atoms with Crippen LogP contribution < -0.4 is 4.90 Å². The number of piperazine rings is 1.